The van der Waals surface area contributed by atoms with Gasteiger partial charge in [0.25, 0.3) is 5.56 Å². The van der Waals surface area contributed by atoms with E-state index in [1.807, 2.05) is 56.0 Å². The van der Waals surface area contributed by atoms with Gasteiger partial charge in [-0.05, 0) is 62.6 Å². The maximum absolute atomic E-state index is 13.7. The molecule has 1 N–H and O–H groups in total. The molecule has 8 nitrogen and oxygen atoms in total. The van der Waals surface area contributed by atoms with E-state index in [0.29, 0.717) is 34.2 Å². The summed E-state index contributed by atoms with van der Waals surface area (Å²) < 4.78 is 3.40. The van der Waals surface area contributed by atoms with E-state index in [4.69, 9.17) is 5.10 Å². The van der Waals surface area contributed by atoms with Gasteiger partial charge in [0.15, 0.2) is 4.96 Å². The normalized spacial score (nSPS) is 11.2. The van der Waals surface area contributed by atoms with Crippen LogP contribution in [0.15, 0.2) is 59.0 Å². The number of aromatic nitrogens is 5. The summed E-state index contributed by atoms with van der Waals surface area (Å²) >= 11 is 1.35. The van der Waals surface area contributed by atoms with E-state index in [2.05, 4.69) is 33.5 Å². The first-order valence-corrected chi connectivity index (χ1v) is 12.5. The molecule has 0 saturated heterocycles. The smallest absolute Gasteiger partial charge is 0.268 e. The molecule has 0 radical (unpaired) electrons. The zero-order chi connectivity index (χ0) is 25.4. The molecule has 36 heavy (non-hydrogen) atoms. The van der Waals surface area contributed by atoms with E-state index < -0.39 is 0 Å². The molecule has 0 fully saturated rings. The molecule has 0 aliphatic carbocycles. The first-order chi connectivity index (χ1) is 17.3. The summed E-state index contributed by atoms with van der Waals surface area (Å²) in [6, 6.07) is 11.9. The summed E-state index contributed by atoms with van der Waals surface area (Å²) in [4.78, 5) is 35.6. The van der Waals surface area contributed by atoms with Crippen LogP contribution < -0.4 is 10.9 Å². The highest BCUT2D eigenvalue weighted by atomic mass is 32.1. The van der Waals surface area contributed by atoms with Crippen molar-refractivity contribution in [3.8, 4) is 16.9 Å². The fourth-order valence-corrected chi connectivity index (χ4v) is 5.17. The van der Waals surface area contributed by atoms with E-state index in [-0.39, 0.29) is 17.9 Å². The zero-order valence-corrected chi connectivity index (χ0v) is 21.4. The Morgan fingerprint density at radius 1 is 1.11 bits per heavy atom. The molecule has 5 rings (SSSR count). The number of carbonyl (C=O) groups is 1. The Kier molecular flexibility index (Phi) is 6.24. The second-order valence-electron chi connectivity index (χ2n) is 8.91. The summed E-state index contributed by atoms with van der Waals surface area (Å²) in [5, 5.41) is 9.51. The van der Waals surface area contributed by atoms with Crippen LogP contribution >= 0.6 is 11.3 Å². The van der Waals surface area contributed by atoms with Gasteiger partial charge in [0.1, 0.15) is 5.69 Å². The second-order valence-corrected chi connectivity index (χ2v) is 9.75. The number of nitrogens with one attached hydrogen (secondary N) is 1. The lowest BCUT2D eigenvalue weighted by atomic mass is 10.1. The minimum absolute atomic E-state index is 0.0697. The van der Waals surface area contributed by atoms with Gasteiger partial charge < -0.3 is 5.32 Å². The van der Waals surface area contributed by atoms with Crippen molar-refractivity contribution >= 4 is 22.2 Å². The van der Waals surface area contributed by atoms with Crippen LogP contribution in [-0.2, 0) is 17.8 Å². The number of rotatable bonds is 6. The third-order valence-electron chi connectivity index (χ3n) is 6.11. The number of hydrogen-bond donors (Lipinski definition) is 1. The lowest BCUT2D eigenvalue weighted by Crippen LogP contribution is -2.27. The number of benzene rings is 1. The Morgan fingerprint density at radius 2 is 1.94 bits per heavy atom. The van der Waals surface area contributed by atoms with Gasteiger partial charge in [-0.15, -0.1) is 11.3 Å². The fourth-order valence-electron chi connectivity index (χ4n) is 4.24. The predicted octanol–water partition coefficient (Wildman–Crippen LogP) is 4.10. The van der Waals surface area contributed by atoms with Crippen LogP contribution in [0.5, 0.6) is 0 Å². The highest BCUT2D eigenvalue weighted by Gasteiger charge is 2.20. The molecule has 182 valence electrons. The van der Waals surface area contributed by atoms with E-state index in [1.165, 1.54) is 15.7 Å². The molecule has 0 aliphatic rings. The monoisotopic (exact) mass is 498 g/mol. The summed E-state index contributed by atoms with van der Waals surface area (Å²) in [7, 11) is 0. The van der Waals surface area contributed by atoms with Crippen molar-refractivity contribution in [2.45, 2.75) is 40.7 Å². The first-order valence-electron chi connectivity index (χ1n) is 11.6. The van der Waals surface area contributed by atoms with Crippen LogP contribution in [0.3, 0.4) is 0 Å². The molecule has 0 bridgehead atoms. The number of carbonyl (C=O) groups excluding carboxylic acids is 1. The quantitative estimate of drug-likeness (QED) is 0.380. The molecule has 0 unspecified atom stereocenters. The highest BCUT2D eigenvalue weighted by molar-refractivity contribution is 7.15. The summed E-state index contributed by atoms with van der Waals surface area (Å²) in [6.45, 7) is 8.26. The minimum Gasteiger partial charge on any atom is -0.352 e. The van der Waals surface area contributed by atoms with Gasteiger partial charge in [-0.3, -0.25) is 19.0 Å². The van der Waals surface area contributed by atoms with Crippen LogP contribution in [0.2, 0.25) is 0 Å². The molecule has 1 aromatic carbocycles. The Bertz CT molecular complexity index is 1650. The van der Waals surface area contributed by atoms with Gasteiger partial charge in [-0.1, -0.05) is 18.2 Å². The van der Waals surface area contributed by atoms with Crippen LogP contribution in [0, 0.1) is 27.7 Å². The zero-order valence-electron chi connectivity index (χ0n) is 20.6. The number of amides is 1. The first kappa shape index (κ1) is 23.6. The molecule has 0 atom stereocenters. The minimum atomic E-state index is -0.223. The maximum atomic E-state index is 13.7. The lowest BCUT2D eigenvalue weighted by Gasteiger charge is -2.09. The molecule has 4 aromatic heterocycles. The Hall–Kier alpha value is -4.11. The number of aryl methyl sites for hydroxylation is 4. The lowest BCUT2D eigenvalue weighted by molar-refractivity contribution is -0.120. The average molecular weight is 499 g/mol. The van der Waals surface area contributed by atoms with Crippen LogP contribution in [0.25, 0.3) is 21.9 Å². The highest BCUT2D eigenvalue weighted by Crippen LogP contribution is 2.25. The molecule has 4 heterocycles. The van der Waals surface area contributed by atoms with Gasteiger partial charge in [-0.25, -0.2) is 9.67 Å². The average Bonchev–Trinajstić information content (AvgIpc) is 3.43. The number of fused-ring (bicyclic) bond motifs is 1. The van der Waals surface area contributed by atoms with Crippen molar-refractivity contribution in [3.05, 3.63) is 98.3 Å². The van der Waals surface area contributed by atoms with Crippen molar-refractivity contribution < 1.29 is 4.79 Å². The molecular weight excluding hydrogens is 472 g/mol. The molecule has 5 aromatic rings. The van der Waals surface area contributed by atoms with Crippen LogP contribution in [-0.4, -0.2) is 30.1 Å². The van der Waals surface area contributed by atoms with E-state index >= 15 is 0 Å². The fraction of sp³-hybridized carbons (Fsp3) is 0.222. The largest absolute Gasteiger partial charge is 0.352 e. The predicted molar refractivity (Wildman–Crippen MR) is 141 cm³/mol. The maximum Gasteiger partial charge on any atom is 0.268 e. The standard InChI is InChI=1S/C27H26N6O2S/c1-16-7-8-17(2)23(10-16)33-18(3)11-22(31-33)25-19(4)30-27-32(26(25)35)21(15-36-27)12-24(34)29-14-20-6-5-9-28-13-20/h5-11,13,15H,12,14H2,1-4H3,(H,29,34). The van der Waals surface area contributed by atoms with Crippen molar-refractivity contribution in [1.29, 1.82) is 0 Å². The molecule has 0 aliphatic heterocycles. The molecule has 1 amide bonds. The van der Waals surface area contributed by atoms with Gasteiger partial charge in [-0.2, -0.15) is 5.10 Å². The van der Waals surface area contributed by atoms with Gasteiger partial charge in [0.05, 0.1) is 23.4 Å². The van der Waals surface area contributed by atoms with E-state index in [1.54, 1.807) is 12.4 Å². The second kappa shape index (κ2) is 9.50. The van der Waals surface area contributed by atoms with E-state index in [9.17, 15) is 9.59 Å². The van der Waals surface area contributed by atoms with Crippen molar-refractivity contribution in [1.82, 2.24) is 29.5 Å². The molecule has 9 heteroatoms. The molecule has 0 spiro atoms. The molecular formula is C27H26N6O2S. The number of pyridine rings is 1. The Morgan fingerprint density at radius 3 is 2.72 bits per heavy atom. The van der Waals surface area contributed by atoms with Gasteiger partial charge in [0.2, 0.25) is 5.91 Å². The number of thiazole rings is 1. The Labute approximate surface area is 212 Å². The third-order valence-corrected chi connectivity index (χ3v) is 6.99. The summed E-state index contributed by atoms with van der Waals surface area (Å²) in [5.74, 6) is -0.178. The number of hydrogen-bond acceptors (Lipinski definition) is 6. The van der Waals surface area contributed by atoms with Crippen molar-refractivity contribution in [2.75, 3.05) is 0 Å². The summed E-state index contributed by atoms with van der Waals surface area (Å²) in [5.41, 5.74) is 7.03. The SMILES string of the molecule is Cc1ccc(C)c(-n2nc(-c3c(C)nc4scc(CC(=O)NCc5cccnc5)n4c3=O)cc2C)c1. The number of nitrogens with zero attached hydrogens (tertiary/aromatic N) is 5. The topological polar surface area (TPSA) is 94.2 Å². The third kappa shape index (κ3) is 4.45. The van der Waals surface area contributed by atoms with Crippen molar-refractivity contribution in [3.63, 3.8) is 0 Å². The van der Waals surface area contributed by atoms with Gasteiger partial charge >= 0.3 is 0 Å². The van der Waals surface area contributed by atoms with E-state index in [0.717, 1.165) is 28.1 Å². The van der Waals surface area contributed by atoms with Crippen molar-refractivity contribution in [2.24, 2.45) is 0 Å². The molecule has 0 saturated carbocycles. The Balaban J connectivity index is 1.49. The van der Waals surface area contributed by atoms with Crippen LogP contribution in [0.4, 0.5) is 0 Å². The summed E-state index contributed by atoms with van der Waals surface area (Å²) in [6.07, 6.45) is 3.47. The van der Waals surface area contributed by atoms with Gasteiger partial charge in [0, 0.05) is 35.7 Å². The van der Waals surface area contributed by atoms with Crippen LogP contribution in [0.1, 0.15) is 33.8 Å².